The van der Waals surface area contributed by atoms with E-state index >= 15 is 0 Å². The molecule has 46 valence electrons. The Kier molecular flexibility index (Phi) is 13.9. The Morgan fingerprint density at radius 3 is 1.71 bits per heavy atom. The van der Waals surface area contributed by atoms with E-state index in [4.69, 9.17) is 5.11 Å². The maximum absolute atomic E-state index is 7.57. The van der Waals surface area contributed by atoms with Crippen molar-refractivity contribution in [1.29, 1.82) is 0 Å². The van der Waals surface area contributed by atoms with Crippen LogP contribution in [-0.4, -0.2) is 24.9 Å². The predicted octanol–water partition coefficient (Wildman–Crippen LogP) is 0.437. The second-order valence-electron chi connectivity index (χ2n) is 0.929. The molecule has 0 spiro atoms. The molecule has 7 heavy (non-hydrogen) atoms. The summed E-state index contributed by atoms with van der Waals surface area (Å²) >= 11 is 0. The van der Waals surface area contributed by atoms with Crippen LogP contribution in [0.4, 0.5) is 0 Å². The Balaban J connectivity index is 0. The normalized spacial score (nSPS) is 12.9. The molecule has 2 nitrogen and oxygen atoms in total. The van der Waals surface area contributed by atoms with Crippen LogP contribution in [0.15, 0.2) is 0 Å². The van der Waals surface area contributed by atoms with Gasteiger partial charge in [-0.25, -0.2) is 0 Å². The zero-order valence-corrected chi connectivity index (χ0v) is 5.20. The van der Waals surface area contributed by atoms with Crippen molar-refractivity contribution in [3.8, 4) is 0 Å². The molecule has 1 saturated heterocycles. The van der Waals surface area contributed by atoms with Crippen molar-refractivity contribution in [2.45, 2.75) is 6.92 Å². The Bertz CT molecular complexity index is 20.9. The van der Waals surface area contributed by atoms with E-state index in [2.05, 4.69) is 4.74 Å². The van der Waals surface area contributed by atoms with Crippen LogP contribution in [0.25, 0.3) is 0 Å². The van der Waals surface area contributed by atoms with Crippen molar-refractivity contribution in [2.75, 3.05) is 19.8 Å². The van der Waals surface area contributed by atoms with Gasteiger partial charge in [-0.15, -0.1) is 12.4 Å². The maximum atomic E-state index is 7.57. The monoisotopic (exact) mass is 126 g/mol. The molecular formula is C4H11ClO2. The zero-order chi connectivity index (χ0) is 4.83. The Labute approximate surface area is 49.9 Å². The first kappa shape index (κ1) is 10.2. The third kappa shape index (κ3) is 75.2. The van der Waals surface area contributed by atoms with Gasteiger partial charge in [-0.2, -0.15) is 0 Å². The number of epoxide rings is 1. The van der Waals surface area contributed by atoms with E-state index in [-0.39, 0.29) is 19.0 Å². The van der Waals surface area contributed by atoms with Crippen molar-refractivity contribution < 1.29 is 9.84 Å². The van der Waals surface area contributed by atoms with Crippen molar-refractivity contribution in [3.63, 3.8) is 0 Å². The Morgan fingerprint density at radius 2 is 1.71 bits per heavy atom. The summed E-state index contributed by atoms with van der Waals surface area (Å²) in [6.45, 7) is 3.93. The quantitative estimate of drug-likeness (QED) is 0.478. The van der Waals surface area contributed by atoms with Crippen LogP contribution in [-0.2, 0) is 4.74 Å². The molecule has 3 heteroatoms. The first-order valence-electron chi connectivity index (χ1n) is 2.10. The summed E-state index contributed by atoms with van der Waals surface area (Å²) in [7, 11) is 0. The van der Waals surface area contributed by atoms with Gasteiger partial charge >= 0.3 is 0 Å². The van der Waals surface area contributed by atoms with E-state index in [1.807, 2.05) is 0 Å². The molecule has 1 aliphatic heterocycles. The Morgan fingerprint density at radius 1 is 1.57 bits per heavy atom. The van der Waals surface area contributed by atoms with Crippen LogP contribution >= 0.6 is 12.4 Å². The lowest BCUT2D eigenvalue weighted by molar-refractivity contribution is 0.318. The molecule has 0 aromatic heterocycles. The summed E-state index contributed by atoms with van der Waals surface area (Å²) in [5.74, 6) is 0. The molecule has 1 N–H and O–H groups in total. The first-order valence-corrected chi connectivity index (χ1v) is 2.10. The van der Waals surface area contributed by atoms with E-state index < -0.39 is 0 Å². The molecule has 1 rings (SSSR count). The zero-order valence-electron chi connectivity index (χ0n) is 4.39. The molecule has 0 radical (unpaired) electrons. The lowest BCUT2D eigenvalue weighted by atomic mass is 10.9. The van der Waals surface area contributed by atoms with Gasteiger partial charge < -0.3 is 9.84 Å². The second-order valence-corrected chi connectivity index (χ2v) is 0.929. The highest BCUT2D eigenvalue weighted by atomic mass is 35.5. The highest BCUT2D eigenvalue weighted by Crippen LogP contribution is 1.84. The highest BCUT2D eigenvalue weighted by molar-refractivity contribution is 5.85. The highest BCUT2D eigenvalue weighted by Gasteiger charge is 1.94. The van der Waals surface area contributed by atoms with Gasteiger partial charge in [-0.1, -0.05) is 0 Å². The fraction of sp³-hybridized carbons (Fsp3) is 1.00. The predicted molar refractivity (Wildman–Crippen MR) is 30.8 cm³/mol. The minimum absolute atomic E-state index is 0. The third-order valence-corrected chi connectivity index (χ3v) is 0.204. The third-order valence-electron chi connectivity index (χ3n) is 0.204. The average molecular weight is 127 g/mol. The van der Waals surface area contributed by atoms with Gasteiger partial charge in [0.25, 0.3) is 0 Å². The van der Waals surface area contributed by atoms with Crippen LogP contribution in [0.2, 0.25) is 0 Å². The number of hydrogen-bond donors (Lipinski definition) is 1. The van der Waals surface area contributed by atoms with E-state index in [1.54, 1.807) is 6.92 Å². The van der Waals surface area contributed by atoms with E-state index in [0.29, 0.717) is 0 Å². The van der Waals surface area contributed by atoms with Gasteiger partial charge in [0.15, 0.2) is 0 Å². The molecule has 0 amide bonds. The SMILES string of the molecule is C1CO1.CCO.Cl. The van der Waals surface area contributed by atoms with Crippen molar-refractivity contribution in [2.24, 2.45) is 0 Å². The second kappa shape index (κ2) is 9.51. The Hall–Kier alpha value is 0.210. The summed E-state index contributed by atoms with van der Waals surface area (Å²) in [5, 5.41) is 7.57. The minimum Gasteiger partial charge on any atom is -0.397 e. The lowest BCUT2D eigenvalue weighted by Crippen LogP contribution is -1.57. The molecule has 1 fully saturated rings. The van der Waals surface area contributed by atoms with Crippen LogP contribution < -0.4 is 0 Å². The van der Waals surface area contributed by atoms with Gasteiger partial charge in [-0.05, 0) is 6.92 Å². The first-order chi connectivity index (χ1) is 2.91. The molecule has 0 aromatic carbocycles. The molecular weight excluding hydrogens is 115 g/mol. The topological polar surface area (TPSA) is 32.8 Å². The van der Waals surface area contributed by atoms with Gasteiger partial charge in [0.1, 0.15) is 0 Å². The molecule has 0 aliphatic carbocycles. The average Bonchev–Trinajstić information content (AvgIpc) is 2.11. The smallest absolute Gasteiger partial charge is 0.0701 e. The van der Waals surface area contributed by atoms with Gasteiger partial charge in [0.2, 0.25) is 0 Å². The number of halogens is 1. The van der Waals surface area contributed by atoms with Gasteiger partial charge in [0.05, 0.1) is 13.2 Å². The fourth-order valence-electron chi connectivity index (χ4n) is 0. The van der Waals surface area contributed by atoms with Crippen LogP contribution in [0, 0.1) is 0 Å². The minimum atomic E-state index is 0. The standard InChI is InChI=1S/C2H4O.C2H6O.ClH/c1-2-3-1;1-2-3;/h1-2H2;3H,2H2,1H3;1H. The molecule has 0 aromatic rings. The number of hydrogen-bond acceptors (Lipinski definition) is 2. The molecule has 0 bridgehead atoms. The summed E-state index contributed by atoms with van der Waals surface area (Å²) in [4.78, 5) is 0. The molecule has 0 atom stereocenters. The number of rotatable bonds is 0. The number of aliphatic hydroxyl groups is 1. The van der Waals surface area contributed by atoms with E-state index in [1.165, 1.54) is 0 Å². The molecule has 0 unspecified atom stereocenters. The maximum Gasteiger partial charge on any atom is 0.0701 e. The molecule has 1 aliphatic rings. The van der Waals surface area contributed by atoms with Crippen LogP contribution in [0.5, 0.6) is 0 Å². The lowest BCUT2D eigenvalue weighted by Gasteiger charge is -1.52. The van der Waals surface area contributed by atoms with Crippen LogP contribution in [0.1, 0.15) is 6.92 Å². The van der Waals surface area contributed by atoms with Crippen molar-refractivity contribution >= 4 is 12.4 Å². The van der Waals surface area contributed by atoms with Gasteiger partial charge in [0, 0.05) is 6.61 Å². The number of aliphatic hydroxyl groups excluding tert-OH is 1. The van der Waals surface area contributed by atoms with Crippen molar-refractivity contribution in [1.82, 2.24) is 0 Å². The van der Waals surface area contributed by atoms with Crippen LogP contribution in [0.3, 0.4) is 0 Å². The van der Waals surface area contributed by atoms with E-state index in [9.17, 15) is 0 Å². The molecule has 0 saturated carbocycles. The summed E-state index contributed by atoms with van der Waals surface area (Å²) in [6.07, 6.45) is 0. The van der Waals surface area contributed by atoms with Crippen molar-refractivity contribution in [3.05, 3.63) is 0 Å². The largest absolute Gasteiger partial charge is 0.397 e. The van der Waals surface area contributed by atoms with Gasteiger partial charge in [-0.3, -0.25) is 0 Å². The fourth-order valence-corrected chi connectivity index (χ4v) is 0. The van der Waals surface area contributed by atoms with E-state index in [0.717, 1.165) is 13.2 Å². The summed E-state index contributed by atoms with van der Waals surface area (Å²) in [5.41, 5.74) is 0. The number of ether oxygens (including phenoxy) is 1. The summed E-state index contributed by atoms with van der Waals surface area (Å²) in [6, 6.07) is 0. The molecule has 1 heterocycles. The summed E-state index contributed by atoms with van der Waals surface area (Å²) < 4.78 is 4.50.